The average molecular weight is 244 g/mol. The lowest BCUT2D eigenvalue weighted by Gasteiger charge is -2.24. The molecule has 2 aliphatic rings. The predicted molar refractivity (Wildman–Crippen MR) is 64.7 cm³/mol. The molecular weight excluding hydrogens is 224 g/mol. The zero-order valence-electron chi connectivity index (χ0n) is 9.56. The zero-order valence-corrected chi connectivity index (χ0v) is 10.4. The van der Waals surface area contributed by atoms with E-state index in [4.69, 9.17) is 0 Å². The average Bonchev–Trinajstić information content (AvgIpc) is 2.92. The molecule has 1 heterocycles. The molecule has 1 saturated carbocycles. The lowest BCUT2D eigenvalue weighted by Crippen LogP contribution is -2.43. The van der Waals surface area contributed by atoms with Gasteiger partial charge in [0.25, 0.3) is 0 Å². The van der Waals surface area contributed by atoms with Crippen molar-refractivity contribution < 1.29 is 8.42 Å². The van der Waals surface area contributed by atoms with E-state index in [2.05, 4.69) is 11.9 Å². The zero-order chi connectivity index (χ0) is 11.6. The second kappa shape index (κ2) is 4.85. The molecule has 0 amide bonds. The van der Waals surface area contributed by atoms with Gasteiger partial charge in [0, 0.05) is 18.6 Å². The highest BCUT2D eigenvalue weighted by Crippen LogP contribution is 2.30. The van der Waals surface area contributed by atoms with Gasteiger partial charge in [-0.3, -0.25) is 0 Å². The minimum Gasteiger partial charge on any atom is -0.313 e. The van der Waals surface area contributed by atoms with Crippen LogP contribution in [0.1, 0.15) is 25.7 Å². The summed E-state index contributed by atoms with van der Waals surface area (Å²) in [5.74, 6) is 0.0657. The van der Waals surface area contributed by atoms with Crippen LogP contribution in [0, 0.1) is 0 Å². The Morgan fingerprint density at radius 1 is 1.38 bits per heavy atom. The maximum Gasteiger partial charge on any atom is 0.217 e. The maximum atomic E-state index is 12.0. The SMILES string of the molecule is C=CCS(=O)(=O)N(CC1CCCN1)C1CC1. The Balaban J connectivity index is 2.01. The number of sulfonamides is 1. The van der Waals surface area contributed by atoms with Crippen molar-refractivity contribution in [2.45, 2.75) is 37.8 Å². The lowest BCUT2D eigenvalue weighted by molar-refractivity contribution is 0.364. The third kappa shape index (κ3) is 2.84. The van der Waals surface area contributed by atoms with Gasteiger partial charge in [0.15, 0.2) is 0 Å². The van der Waals surface area contributed by atoms with Crippen molar-refractivity contribution >= 4 is 10.0 Å². The molecule has 0 aromatic carbocycles. The fourth-order valence-corrected chi connectivity index (χ4v) is 3.79. The van der Waals surface area contributed by atoms with Crippen molar-refractivity contribution in [2.75, 3.05) is 18.8 Å². The van der Waals surface area contributed by atoms with Gasteiger partial charge in [-0.2, -0.15) is 4.31 Å². The van der Waals surface area contributed by atoms with Crippen LogP contribution < -0.4 is 5.32 Å². The van der Waals surface area contributed by atoms with Crippen LogP contribution in [0.5, 0.6) is 0 Å². The van der Waals surface area contributed by atoms with Crippen LogP contribution in [-0.2, 0) is 10.0 Å². The van der Waals surface area contributed by atoms with Crippen molar-refractivity contribution in [3.63, 3.8) is 0 Å². The predicted octanol–water partition coefficient (Wildman–Crippen LogP) is 0.719. The molecule has 1 N–H and O–H groups in total. The summed E-state index contributed by atoms with van der Waals surface area (Å²) < 4.78 is 25.7. The van der Waals surface area contributed by atoms with Gasteiger partial charge >= 0.3 is 0 Å². The van der Waals surface area contributed by atoms with Crippen LogP contribution in [0.3, 0.4) is 0 Å². The highest BCUT2D eigenvalue weighted by molar-refractivity contribution is 7.89. The van der Waals surface area contributed by atoms with Crippen LogP contribution in [-0.4, -0.2) is 43.6 Å². The van der Waals surface area contributed by atoms with Crippen molar-refractivity contribution in [1.29, 1.82) is 0 Å². The van der Waals surface area contributed by atoms with Crippen LogP contribution >= 0.6 is 0 Å². The monoisotopic (exact) mass is 244 g/mol. The summed E-state index contributed by atoms with van der Waals surface area (Å²) in [6.07, 6.45) is 5.76. The molecule has 1 saturated heterocycles. The van der Waals surface area contributed by atoms with E-state index < -0.39 is 10.0 Å². The molecule has 92 valence electrons. The van der Waals surface area contributed by atoms with Gasteiger partial charge in [-0.1, -0.05) is 6.08 Å². The minimum atomic E-state index is -3.12. The molecule has 1 atom stereocenters. The molecule has 5 heteroatoms. The summed E-state index contributed by atoms with van der Waals surface area (Å²) in [4.78, 5) is 0. The Kier molecular flexibility index (Phi) is 3.66. The van der Waals surface area contributed by atoms with Crippen molar-refractivity contribution in [3.8, 4) is 0 Å². The van der Waals surface area contributed by atoms with Crippen molar-refractivity contribution in [3.05, 3.63) is 12.7 Å². The van der Waals surface area contributed by atoms with Crippen molar-refractivity contribution in [2.24, 2.45) is 0 Å². The summed E-state index contributed by atoms with van der Waals surface area (Å²) >= 11 is 0. The normalized spacial score (nSPS) is 26.2. The number of nitrogens with zero attached hydrogens (tertiary/aromatic N) is 1. The Hall–Kier alpha value is -0.390. The maximum absolute atomic E-state index is 12.0. The molecule has 0 spiro atoms. The molecule has 1 aliphatic heterocycles. The molecule has 2 fully saturated rings. The first-order chi connectivity index (χ1) is 7.63. The fraction of sp³-hybridized carbons (Fsp3) is 0.818. The Morgan fingerprint density at radius 2 is 2.12 bits per heavy atom. The van der Waals surface area contributed by atoms with E-state index in [0.717, 1.165) is 32.2 Å². The van der Waals surface area contributed by atoms with Gasteiger partial charge in [0.1, 0.15) is 0 Å². The number of hydrogen-bond acceptors (Lipinski definition) is 3. The third-order valence-corrected chi connectivity index (χ3v) is 5.02. The van der Waals surface area contributed by atoms with Crippen LogP contribution in [0.25, 0.3) is 0 Å². The van der Waals surface area contributed by atoms with Gasteiger partial charge in [-0.25, -0.2) is 8.42 Å². The Bertz CT molecular complexity index is 343. The summed E-state index contributed by atoms with van der Waals surface area (Å²) in [5, 5.41) is 3.35. The summed E-state index contributed by atoms with van der Waals surface area (Å²) in [6, 6.07) is 0.604. The van der Waals surface area contributed by atoms with Gasteiger partial charge in [-0.15, -0.1) is 6.58 Å². The first-order valence-corrected chi connectivity index (χ1v) is 7.58. The van der Waals surface area contributed by atoms with Gasteiger partial charge in [0.05, 0.1) is 5.75 Å². The topological polar surface area (TPSA) is 49.4 Å². The largest absolute Gasteiger partial charge is 0.313 e. The standard InChI is InChI=1S/C11H20N2O2S/c1-2-8-16(14,15)13(11-5-6-11)9-10-4-3-7-12-10/h2,10-12H,1,3-9H2. The Morgan fingerprint density at radius 3 is 2.62 bits per heavy atom. The van der Waals surface area contributed by atoms with Crippen molar-refractivity contribution in [1.82, 2.24) is 9.62 Å². The molecular formula is C11H20N2O2S. The fourth-order valence-electron chi connectivity index (χ4n) is 2.23. The molecule has 4 nitrogen and oxygen atoms in total. The summed E-state index contributed by atoms with van der Waals surface area (Å²) in [6.45, 7) is 5.18. The molecule has 0 aromatic rings. The third-order valence-electron chi connectivity index (χ3n) is 3.20. The van der Waals surface area contributed by atoms with E-state index in [0.29, 0.717) is 12.6 Å². The molecule has 0 radical (unpaired) electrons. The second-order valence-corrected chi connectivity index (χ2v) is 6.63. The quantitative estimate of drug-likeness (QED) is 0.700. The first-order valence-electron chi connectivity index (χ1n) is 5.97. The summed E-state index contributed by atoms with van der Waals surface area (Å²) in [7, 11) is -3.12. The molecule has 16 heavy (non-hydrogen) atoms. The van der Waals surface area contributed by atoms with Crippen LogP contribution in [0.4, 0.5) is 0 Å². The number of nitrogens with one attached hydrogen (secondary N) is 1. The van der Waals surface area contributed by atoms with E-state index in [-0.39, 0.29) is 11.8 Å². The first kappa shape index (κ1) is 12.1. The minimum absolute atomic E-state index is 0.0657. The van der Waals surface area contributed by atoms with E-state index in [1.165, 1.54) is 6.08 Å². The van der Waals surface area contributed by atoms with E-state index in [9.17, 15) is 8.42 Å². The van der Waals surface area contributed by atoms with Crippen LogP contribution in [0.2, 0.25) is 0 Å². The van der Waals surface area contributed by atoms with E-state index in [1.54, 1.807) is 4.31 Å². The Labute approximate surface area is 97.8 Å². The smallest absolute Gasteiger partial charge is 0.217 e. The summed E-state index contributed by atoms with van der Waals surface area (Å²) in [5.41, 5.74) is 0. The molecule has 1 aliphatic carbocycles. The second-order valence-electron chi connectivity index (χ2n) is 4.66. The number of rotatable bonds is 6. The highest BCUT2D eigenvalue weighted by atomic mass is 32.2. The molecule has 2 rings (SSSR count). The van der Waals surface area contributed by atoms with Crippen LogP contribution in [0.15, 0.2) is 12.7 Å². The van der Waals surface area contributed by atoms with Gasteiger partial charge < -0.3 is 5.32 Å². The number of hydrogen-bond donors (Lipinski definition) is 1. The lowest BCUT2D eigenvalue weighted by atomic mass is 10.2. The molecule has 0 bridgehead atoms. The van der Waals surface area contributed by atoms with E-state index in [1.807, 2.05) is 0 Å². The molecule has 0 aromatic heterocycles. The van der Waals surface area contributed by atoms with Gasteiger partial charge in [-0.05, 0) is 32.2 Å². The molecule has 1 unspecified atom stereocenters. The highest BCUT2D eigenvalue weighted by Gasteiger charge is 2.38. The van der Waals surface area contributed by atoms with Gasteiger partial charge in [0.2, 0.25) is 10.0 Å². The van der Waals surface area contributed by atoms with E-state index >= 15 is 0 Å².